The molecular weight excluding hydrogens is 116 g/mol. The molecule has 0 saturated carbocycles. The van der Waals surface area contributed by atoms with Crippen molar-refractivity contribution in [3.05, 3.63) is 11.1 Å². The minimum absolute atomic E-state index is 0.135. The van der Waals surface area contributed by atoms with E-state index in [4.69, 9.17) is 10.2 Å². The Hall–Kier alpha value is -0.340. The maximum Gasteiger partial charge on any atom is 0.0645 e. The van der Waals surface area contributed by atoms with E-state index in [9.17, 15) is 0 Å². The van der Waals surface area contributed by atoms with Crippen molar-refractivity contribution < 1.29 is 10.2 Å². The standard InChI is InChI=1S/C7H12O2/c8-4-6-2-1-3-7(6)5-9/h8-9H,1-5H2. The van der Waals surface area contributed by atoms with Crippen molar-refractivity contribution in [2.75, 3.05) is 13.2 Å². The minimum Gasteiger partial charge on any atom is -0.392 e. The van der Waals surface area contributed by atoms with Gasteiger partial charge in [-0.2, -0.15) is 0 Å². The molecular formula is C7H12O2. The molecule has 0 aromatic heterocycles. The second-order valence-corrected chi connectivity index (χ2v) is 2.38. The van der Waals surface area contributed by atoms with Crippen molar-refractivity contribution in [2.24, 2.45) is 0 Å². The molecule has 1 rings (SSSR count). The quantitative estimate of drug-likeness (QED) is 0.530. The lowest BCUT2D eigenvalue weighted by Gasteiger charge is -1.97. The smallest absolute Gasteiger partial charge is 0.0645 e. The Labute approximate surface area is 54.8 Å². The summed E-state index contributed by atoms with van der Waals surface area (Å²) in [6.45, 7) is 0.270. The van der Waals surface area contributed by atoms with Crippen LogP contribution >= 0.6 is 0 Å². The van der Waals surface area contributed by atoms with Crippen LogP contribution in [0.3, 0.4) is 0 Å². The van der Waals surface area contributed by atoms with Crippen molar-refractivity contribution >= 4 is 0 Å². The second kappa shape index (κ2) is 2.99. The van der Waals surface area contributed by atoms with E-state index in [0.717, 1.165) is 30.4 Å². The number of aliphatic hydroxyl groups excluding tert-OH is 2. The highest BCUT2D eigenvalue weighted by atomic mass is 16.3. The van der Waals surface area contributed by atoms with Crippen molar-refractivity contribution in [3.8, 4) is 0 Å². The monoisotopic (exact) mass is 128 g/mol. The molecule has 2 N–H and O–H groups in total. The van der Waals surface area contributed by atoms with Crippen LogP contribution in [0.4, 0.5) is 0 Å². The molecule has 0 aromatic rings. The van der Waals surface area contributed by atoms with Gasteiger partial charge in [0.15, 0.2) is 0 Å². The van der Waals surface area contributed by atoms with Gasteiger partial charge < -0.3 is 10.2 Å². The van der Waals surface area contributed by atoms with Crippen LogP contribution in [0.25, 0.3) is 0 Å². The lowest BCUT2D eigenvalue weighted by molar-refractivity contribution is 0.311. The molecule has 2 heteroatoms. The van der Waals surface area contributed by atoms with E-state index in [1.54, 1.807) is 0 Å². The van der Waals surface area contributed by atoms with Crippen molar-refractivity contribution in [1.29, 1.82) is 0 Å². The zero-order valence-corrected chi connectivity index (χ0v) is 5.43. The number of rotatable bonds is 2. The summed E-state index contributed by atoms with van der Waals surface area (Å²) >= 11 is 0. The molecule has 1 aliphatic carbocycles. The normalized spacial score (nSPS) is 19.3. The highest BCUT2D eigenvalue weighted by Gasteiger charge is 2.11. The Morgan fingerprint density at radius 2 is 1.44 bits per heavy atom. The fraction of sp³-hybridized carbons (Fsp3) is 0.714. The van der Waals surface area contributed by atoms with Gasteiger partial charge in [-0.3, -0.25) is 0 Å². The van der Waals surface area contributed by atoms with E-state index in [-0.39, 0.29) is 13.2 Å². The van der Waals surface area contributed by atoms with Crippen LogP contribution in [0, 0.1) is 0 Å². The molecule has 0 saturated heterocycles. The number of aliphatic hydroxyl groups is 2. The largest absolute Gasteiger partial charge is 0.392 e. The van der Waals surface area contributed by atoms with E-state index in [2.05, 4.69) is 0 Å². The topological polar surface area (TPSA) is 40.5 Å². The Bertz CT molecular complexity index is 113. The lowest BCUT2D eigenvalue weighted by Crippen LogP contribution is -1.93. The summed E-state index contributed by atoms with van der Waals surface area (Å²) in [4.78, 5) is 0. The van der Waals surface area contributed by atoms with Gasteiger partial charge in [-0.1, -0.05) is 0 Å². The molecule has 0 bridgehead atoms. The average Bonchev–Trinajstić information content (AvgIpc) is 2.33. The van der Waals surface area contributed by atoms with Crippen molar-refractivity contribution in [2.45, 2.75) is 19.3 Å². The minimum atomic E-state index is 0.135. The van der Waals surface area contributed by atoms with Gasteiger partial charge in [-0.15, -0.1) is 0 Å². The van der Waals surface area contributed by atoms with Gasteiger partial charge in [0.25, 0.3) is 0 Å². The van der Waals surface area contributed by atoms with Gasteiger partial charge in [-0.05, 0) is 30.4 Å². The van der Waals surface area contributed by atoms with Gasteiger partial charge in [0.1, 0.15) is 0 Å². The van der Waals surface area contributed by atoms with Crippen LogP contribution in [0.15, 0.2) is 11.1 Å². The molecule has 52 valence electrons. The maximum atomic E-state index is 8.70. The van der Waals surface area contributed by atoms with E-state index in [1.165, 1.54) is 0 Å². The van der Waals surface area contributed by atoms with Gasteiger partial charge >= 0.3 is 0 Å². The Morgan fingerprint density at radius 1 is 1.00 bits per heavy atom. The molecule has 0 amide bonds. The van der Waals surface area contributed by atoms with Gasteiger partial charge in [-0.25, -0.2) is 0 Å². The number of hydrogen-bond donors (Lipinski definition) is 2. The van der Waals surface area contributed by atoms with Crippen LogP contribution in [0.1, 0.15) is 19.3 Å². The Kier molecular flexibility index (Phi) is 2.25. The first-order valence-corrected chi connectivity index (χ1v) is 3.30. The van der Waals surface area contributed by atoms with E-state index in [1.807, 2.05) is 0 Å². The predicted molar refractivity (Wildman–Crippen MR) is 35.0 cm³/mol. The molecule has 0 heterocycles. The van der Waals surface area contributed by atoms with Crippen LogP contribution in [0.5, 0.6) is 0 Å². The first kappa shape index (κ1) is 6.78. The molecule has 0 aliphatic heterocycles. The van der Waals surface area contributed by atoms with E-state index >= 15 is 0 Å². The summed E-state index contributed by atoms with van der Waals surface area (Å²) in [5, 5.41) is 17.4. The third-order valence-electron chi connectivity index (χ3n) is 1.84. The fourth-order valence-corrected chi connectivity index (χ4v) is 1.25. The lowest BCUT2D eigenvalue weighted by atomic mass is 10.2. The Morgan fingerprint density at radius 3 is 1.78 bits per heavy atom. The molecule has 0 atom stereocenters. The summed E-state index contributed by atoms with van der Waals surface area (Å²) in [5.41, 5.74) is 2.11. The molecule has 0 aromatic carbocycles. The third-order valence-corrected chi connectivity index (χ3v) is 1.84. The first-order chi connectivity index (χ1) is 4.38. The molecule has 0 spiro atoms. The highest BCUT2D eigenvalue weighted by Crippen LogP contribution is 2.24. The summed E-state index contributed by atoms with van der Waals surface area (Å²) in [7, 11) is 0. The van der Waals surface area contributed by atoms with Crippen molar-refractivity contribution in [3.63, 3.8) is 0 Å². The van der Waals surface area contributed by atoms with Gasteiger partial charge in [0.2, 0.25) is 0 Å². The maximum absolute atomic E-state index is 8.70. The molecule has 2 nitrogen and oxygen atoms in total. The SMILES string of the molecule is OCC1=C(CO)CCC1. The predicted octanol–water partition coefficient (Wildman–Crippen LogP) is 0.452. The zero-order valence-electron chi connectivity index (χ0n) is 5.43. The average molecular weight is 128 g/mol. The Balaban J connectivity index is 2.59. The van der Waals surface area contributed by atoms with Gasteiger partial charge in [0, 0.05) is 0 Å². The summed E-state index contributed by atoms with van der Waals surface area (Å²) in [5.74, 6) is 0. The van der Waals surface area contributed by atoms with Gasteiger partial charge in [0.05, 0.1) is 13.2 Å². The summed E-state index contributed by atoms with van der Waals surface area (Å²) < 4.78 is 0. The summed E-state index contributed by atoms with van der Waals surface area (Å²) in [6.07, 6.45) is 3.06. The molecule has 0 unspecified atom stereocenters. The van der Waals surface area contributed by atoms with Crippen LogP contribution in [-0.4, -0.2) is 23.4 Å². The highest BCUT2D eigenvalue weighted by molar-refractivity contribution is 5.19. The van der Waals surface area contributed by atoms with Crippen LogP contribution in [-0.2, 0) is 0 Å². The van der Waals surface area contributed by atoms with E-state index < -0.39 is 0 Å². The molecule has 1 aliphatic rings. The first-order valence-electron chi connectivity index (χ1n) is 3.30. The second-order valence-electron chi connectivity index (χ2n) is 2.38. The number of hydrogen-bond acceptors (Lipinski definition) is 2. The van der Waals surface area contributed by atoms with Crippen LogP contribution in [0.2, 0.25) is 0 Å². The summed E-state index contributed by atoms with van der Waals surface area (Å²) in [6, 6.07) is 0. The molecule has 0 radical (unpaired) electrons. The molecule has 9 heavy (non-hydrogen) atoms. The zero-order chi connectivity index (χ0) is 6.69. The van der Waals surface area contributed by atoms with E-state index in [0.29, 0.717) is 0 Å². The van der Waals surface area contributed by atoms with Crippen LogP contribution < -0.4 is 0 Å². The third kappa shape index (κ3) is 1.32. The molecule has 0 fully saturated rings. The fourth-order valence-electron chi connectivity index (χ4n) is 1.25. The van der Waals surface area contributed by atoms with Crippen molar-refractivity contribution in [1.82, 2.24) is 0 Å².